The van der Waals surface area contributed by atoms with Crippen molar-refractivity contribution in [3.8, 4) is 0 Å². The Kier molecular flexibility index (Phi) is 6.24. The van der Waals surface area contributed by atoms with Crippen molar-refractivity contribution in [2.45, 2.75) is 39.3 Å². The van der Waals surface area contributed by atoms with Crippen LogP contribution in [-0.2, 0) is 14.3 Å². The summed E-state index contributed by atoms with van der Waals surface area (Å²) in [6, 6.07) is -0.874. The molecule has 0 radical (unpaired) electrons. The van der Waals surface area contributed by atoms with Gasteiger partial charge in [0.15, 0.2) is 0 Å². The summed E-state index contributed by atoms with van der Waals surface area (Å²) in [6.07, 6.45) is 0.981. The molecule has 6 nitrogen and oxygen atoms in total. The van der Waals surface area contributed by atoms with Crippen LogP contribution in [-0.4, -0.2) is 48.8 Å². The van der Waals surface area contributed by atoms with Gasteiger partial charge in [-0.05, 0) is 18.9 Å². The fourth-order valence-electron chi connectivity index (χ4n) is 2.12. The maximum atomic E-state index is 12.1. The van der Waals surface area contributed by atoms with Crippen molar-refractivity contribution < 1.29 is 19.4 Å². The van der Waals surface area contributed by atoms with Gasteiger partial charge in [-0.1, -0.05) is 20.8 Å². The highest BCUT2D eigenvalue weighted by Crippen LogP contribution is 2.15. The number of carboxylic acids is 1. The number of ether oxygens (including phenoxy) is 1. The molecular weight excluding hydrogens is 248 g/mol. The van der Waals surface area contributed by atoms with Gasteiger partial charge in [-0.15, -0.1) is 0 Å². The first-order valence-corrected chi connectivity index (χ1v) is 6.81. The average molecular weight is 272 g/mol. The Morgan fingerprint density at radius 2 is 2.05 bits per heavy atom. The first-order chi connectivity index (χ1) is 8.97. The molecule has 1 aliphatic rings. The lowest BCUT2D eigenvalue weighted by Crippen LogP contribution is -2.50. The molecule has 0 spiro atoms. The lowest BCUT2D eigenvalue weighted by atomic mass is 9.99. The first kappa shape index (κ1) is 15.9. The second kappa shape index (κ2) is 7.45. The van der Waals surface area contributed by atoms with Crippen LogP contribution in [0.25, 0.3) is 0 Å². The average Bonchev–Trinajstić information content (AvgIpc) is 2.80. The molecule has 0 bridgehead atoms. The summed E-state index contributed by atoms with van der Waals surface area (Å²) < 4.78 is 5.32. The summed E-state index contributed by atoms with van der Waals surface area (Å²) >= 11 is 0. The molecule has 1 rings (SSSR count). The minimum atomic E-state index is -1.000. The largest absolute Gasteiger partial charge is 0.480 e. The summed E-state index contributed by atoms with van der Waals surface area (Å²) in [6.45, 7) is 7.27. The number of nitrogens with one attached hydrogen (secondary N) is 2. The smallest absolute Gasteiger partial charge is 0.326 e. The normalized spacial score (nSPS) is 24.4. The highest BCUT2D eigenvalue weighted by atomic mass is 16.5. The third kappa shape index (κ3) is 4.47. The molecule has 0 aromatic carbocycles. The van der Waals surface area contributed by atoms with Gasteiger partial charge in [-0.3, -0.25) is 4.79 Å². The van der Waals surface area contributed by atoms with Crippen LogP contribution in [0.4, 0.5) is 0 Å². The second-order valence-corrected chi connectivity index (χ2v) is 5.27. The van der Waals surface area contributed by atoms with Crippen LogP contribution in [0.1, 0.15) is 27.2 Å². The van der Waals surface area contributed by atoms with Crippen LogP contribution in [0.15, 0.2) is 0 Å². The first-order valence-electron chi connectivity index (χ1n) is 6.81. The van der Waals surface area contributed by atoms with E-state index in [0.717, 1.165) is 13.0 Å². The number of carbonyl (C=O) groups excluding carboxylic acids is 1. The van der Waals surface area contributed by atoms with Crippen molar-refractivity contribution in [3.63, 3.8) is 0 Å². The predicted molar refractivity (Wildman–Crippen MR) is 70.8 cm³/mol. The van der Waals surface area contributed by atoms with E-state index in [4.69, 9.17) is 9.84 Å². The Hall–Kier alpha value is -1.14. The molecule has 0 aromatic rings. The molecule has 3 N–H and O–H groups in total. The lowest BCUT2D eigenvalue weighted by Gasteiger charge is -2.23. The van der Waals surface area contributed by atoms with E-state index in [1.807, 2.05) is 0 Å². The number of rotatable bonds is 7. The molecule has 1 amide bonds. The summed E-state index contributed by atoms with van der Waals surface area (Å²) in [5.41, 5.74) is 0. The van der Waals surface area contributed by atoms with E-state index < -0.39 is 12.0 Å². The SMILES string of the molecule is CCCNC1COCC1C(=O)N[C@H](C(=O)O)C(C)C. The standard InChI is InChI=1S/C13H24N2O4/c1-4-5-14-10-7-19-6-9(10)12(16)15-11(8(2)3)13(17)18/h8-11,14H,4-7H2,1-3H3,(H,15,16)(H,17,18)/t9?,10?,11-/m0/s1. The summed E-state index contributed by atoms with van der Waals surface area (Å²) in [5, 5.41) is 14.9. The van der Waals surface area contributed by atoms with E-state index in [1.54, 1.807) is 13.8 Å². The minimum absolute atomic E-state index is 0.0263. The highest BCUT2D eigenvalue weighted by molar-refractivity contribution is 5.85. The summed E-state index contributed by atoms with van der Waals surface area (Å²) in [4.78, 5) is 23.2. The number of hydrogen-bond donors (Lipinski definition) is 3. The predicted octanol–water partition coefficient (Wildman–Crippen LogP) is 0.226. The number of carbonyl (C=O) groups is 2. The quantitative estimate of drug-likeness (QED) is 0.617. The molecule has 0 aromatic heterocycles. The van der Waals surface area contributed by atoms with Crippen LogP contribution < -0.4 is 10.6 Å². The van der Waals surface area contributed by atoms with E-state index in [0.29, 0.717) is 13.2 Å². The van der Waals surface area contributed by atoms with Crippen molar-refractivity contribution in [1.82, 2.24) is 10.6 Å². The summed E-state index contributed by atoms with van der Waals surface area (Å²) in [5.74, 6) is -1.70. The van der Waals surface area contributed by atoms with Gasteiger partial charge in [0.25, 0.3) is 0 Å². The zero-order valence-electron chi connectivity index (χ0n) is 11.8. The monoisotopic (exact) mass is 272 g/mol. The molecule has 1 aliphatic heterocycles. The van der Waals surface area contributed by atoms with Crippen LogP contribution in [0.2, 0.25) is 0 Å². The molecule has 3 atom stereocenters. The molecule has 1 saturated heterocycles. The minimum Gasteiger partial charge on any atom is -0.480 e. The zero-order chi connectivity index (χ0) is 14.4. The second-order valence-electron chi connectivity index (χ2n) is 5.27. The van der Waals surface area contributed by atoms with E-state index >= 15 is 0 Å². The molecular formula is C13H24N2O4. The summed E-state index contributed by atoms with van der Waals surface area (Å²) in [7, 11) is 0. The lowest BCUT2D eigenvalue weighted by molar-refractivity contribution is -0.143. The number of amides is 1. The van der Waals surface area contributed by atoms with Crippen molar-refractivity contribution in [2.75, 3.05) is 19.8 Å². The van der Waals surface area contributed by atoms with Gasteiger partial charge in [-0.2, -0.15) is 0 Å². The Morgan fingerprint density at radius 3 is 2.58 bits per heavy atom. The van der Waals surface area contributed by atoms with Crippen molar-refractivity contribution in [2.24, 2.45) is 11.8 Å². The molecule has 6 heteroatoms. The number of hydrogen-bond acceptors (Lipinski definition) is 4. The van der Waals surface area contributed by atoms with E-state index in [1.165, 1.54) is 0 Å². The van der Waals surface area contributed by atoms with Gasteiger partial charge in [0.1, 0.15) is 6.04 Å². The van der Waals surface area contributed by atoms with Gasteiger partial charge in [0.2, 0.25) is 5.91 Å². The molecule has 0 aliphatic carbocycles. The number of aliphatic carboxylic acids is 1. The van der Waals surface area contributed by atoms with Crippen LogP contribution in [0.5, 0.6) is 0 Å². The molecule has 1 fully saturated rings. The topological polar surface area (TPSA) is 87.7 Å². The maximum absolute atomic E-state index is 12.1. The molecule has 0 saturated carbocycles. The highest BCUT2D eigenvalue weighted by Gasteiger charge is 2.36. The number of carboxylic acid groups (broad SMARTS) is 1. The van der Waals surface area contributed by atoms with Gasteiger partial charge in [0, 0.05) is 6.04 Å². The van der Waals surface area contributed by atoms with Crippen molar-refractivity contribution in [3.05, 3.63) is 0 Å². The fourth-order valence-corrected chi connectivity index (χ4v) is 2.12. The van der Waals surface area contributed by atoms with Gasteiger partial charge >= 0.3 is 5.97 Å². The third-order valence-corrected chi connectivity index (χ3v) is 3.30. The van der Waals surface area contributed by atoms with Crippen molar-refractivity contribution >= 4 is 11.9 Å². The van der Waals surface area contributed by atoms with Gasteiger partial charge in [-0.25, -0.2) is 4.79 Å². The Morgan fingerprint density at radius 1 is 1.37 bits per heavy atom. The fraction of sp³-hybridized carbons (Fsp3) is 0.846. The van der Waals surface area contributed by atoms with Crippen LogP contribution in [0, 0.1) is 11.8 Å². The van der Waals surface area contributed by atoms with E-state index in [9.17, 15) is 9.59 Å². The van der Waals surface area contributed by atoms with Crippen LogP contribution in [0.3, 0.4) is 0 Å². The van der Waals surface area contributed by atoms with Gasteiger partial charge < -0.3 is 20.5 Å². The van der Waals surface area contributed by atoms with Gasteiger partial charge in [0.05, 0.1) is 19.1 Å². The Labute approximate surface area is 113 Å². The molecule has 2 unspecified atom stereocenters. The third-order valence-electron chi connectivity index (χ3n) is 3.30. The molecule has 110 valence electrons. The van der Waals surface area contributed by atoms with Crippen molar-refractivity contribution in [1.29, 1.82) is 0 Å². The molecule has 19 heavy (non-hydrogen) atoms. The Balaban J connectivity index is 2.58. The molecule has 1 heterocycles. The van der Waals surface area contributed by atoms with E-state index in [2.05, 4.69) is 17.6 Å². The van der Waals surface area contributed by atoms with E-state index in [-0.39, 0.29) is 23.8 Å². The Bertz CT molecular complexity index is 320. The van der Waals surface area contributed by atoms with Crippen LogP contribution >= 0.6 is 0 Å². The zero-order valence-corrected chi connectivity index (χ0v) is 11.8. The maximum Gasteiger partial charge on any atom is 0.326 e.